The third kappa shape index (κ3) is 4.28. The first-order valence-electron chi connectivity index (χ1n) is 9.22. The minimum absolute atomic E-state index is 0.0916. The molecule has 3 rings (SSSR count). The van der Waals surface area contributed by atoms with Gasteiger partial charge in [-0.2, -0.15) is 0 Å². The fraction of sp³-hybridized carbons (Fsp3) is 0.318. The first-order valence-corrected chi connectivity index (χ1v) is 10.1. The first-order chi connectivity index (χ1) is 13.3. The van der Waals surface area contributed by atoms with Gasteiger partial charge in [0, 0.05) is 19.2 Å². The van der Waals surface area contributed by atoms with Gasteiger partial charge in [0.15, 0.2) is 5.17 Å². The van der Waals surface area contributed by atoms with Gasteiger partial charge in [-0.25, -0.2) is 4.99 Å². The Morgan fingerprint density at radius 3 is 2.39 bits per heavy atom. The molecular formula is C22H25N3O2S. The molecule has 0 saturated carbocycles. The van der Waals surface area contributed by atoms with Crippen LogP contribution in [0.1, 0.15) is 28.7 Å². The second kappa shape index (κ2) is 8.19. The van der Waals surface area contributed by atoms with E-state index in [1.54, 1.807) is 11.9 Å². The summed E-state index contributed by atoms with van der Waals surface area (Å²) in [6.07, 6.45) is 0.118. The van der Waals surface area contributed by atoms with Crippen LogP contribution in [0.3, 0.4) is 0 Å². The van der Waals surface area contributed by atoms with Crippen LogP contribution in [0.4, 0.5) is 11.4 Å². The number of nitrogens with zero attached hydrogens (tertiary/aromatic N) is 2. The number of rotatable bonds is 4. The molecule has 1 aliphatic heterocycles. The molecule has 2 aromatic carbocycles. The number of amidine groups is 1. The molecule has 2 aromatic rings. The number of hydrogen-bond donors (Lipinski definition) is 1. The normalized spacial score (nSPS) is 18.0. The van der Waals surface area contributed by atoms with Crippen LogP contribution in [0, 0.1) is 27.7 Å². The van der Waals surface area contributed by atoms with Crippen molar-refractivity contribution in [3.8, 4) is 0 Å². The maximum Gasteiger partial charge on any atom is 0.242 e. The molecule has 0 spiro atoms. The molecule has 2 amide bonds. The number of thioether (sulfide) groups is 1. The van der Waals surface area contributed by atoms with E-state index in [1.165, 1.54) is 17.3 Å². The lowest BCUT2D eigenvalue weighted by Crippen LogP contribution is -2.30. The van der Waals surface area contributed by atoms with E-state index in [2.05, 4.69) is 24.4 Å². The summed E-state index contributed by atoms with van der Waals surface area (Å²) in [5.74, 6) is -0.261. The maximum absolute atomic E-state index is 12.6. The van der Waals surface area contributed by atoms with Gasteiger partial charge in [0.1, 0.15) is 5.25 Å². The summed E-state index contributed by atoms with van der Waals surface area (Å²) in [6, 6.07) is 11.8. The topological polar surface area (TPSA) is 61.8 Å². The monoisotopic (exact) mass is 395 g/mol. The number of aryl methyl sites for hydroxylation is 4. The van der Waals surface area contributed by atoms with Crippen molar-refractivity contribution in [2.75, 3.05) is 12.4 Å². The van der Waals surface area contributed by atoms with Crippen molar-refractivity contribution in [1.82, 2.24) is 4.90 Å². The van der Waals surface area contributed by atoms with Crippen molar-refractivity contribution in [3.05, 3.63) is 58.7 Å². The van der Waals surface area contributed by atoms with Gasteiger partial charge in [0.05, 0.1) is 5.69 Å². The third-order valence-electron chi connectivity index (χ3n) is 4.77. The highest BCUT2D eigenvalue weighted by atomic mass is 32.2. The van der Waals surface area contributed by atoms with Crippen LogP contribution in [-0.4, -0.2) is 34.2 Å². The molecule has 1 heterocycles. The van der Waals surface area contributed by atoms with Gasteiger partial charge in [0.2, 0.25) is 11.8 Å². The number of benzene rings is 2. The molecule has 146 valence electrons. The number of carbonyl (C=O) groups excluding carboxylic acids is 2. The van der Waals surface area contributed by atoms with Gasteiger partial charge >= 0.3 is 0 Å². The first kappa shape index (κ1) is 20.1. The summed E-state index contributed by atoms with van der Waals surface area (Å²) in [5, 5.41) is 3.07. The molecule has 0 bridgehead atoms. The summed E-state index contributed by atoms with van der Waals surface area (Å²) >= 11 is 1.35. The van der Waals surface area contributed by atoms with E-state index in [1.807, 2.05) is 45.0 Å². The summed E-state index contributed by atoms with van der Waals surface area (Å²) in [5.41, 5.74) is 5.99. The Bertz CT molecular complexity index is 945. The third-order valence-corrected chi connectivity index (χ3v) is 6.00. The van der Waals surface area contributed by atoms with Crippen LogP contribution in [0.25, 0.3) is 0 Å². The van der Waals surface area contributed by atoms with Crippen LogP contribution in [-0.2, 0) is 9.59 Å². The predicted molar refractivity (Wildman–Crippen MR) is 116 cm³/mol. The molecule has 0 radical (unpaired) electrons. The Kier molecular flexibility index (Phi) is 5.89. The molecule has 6 heteroatoms. The lowest BCUT2D eigenvalue weighted by molar-refractivity contribution is -0.127. The number of nitrogens with one attached hydrogen (secondary N) is 1. The number of para-hydroxylation sites is 1. The molecule has 1 N–H and O–H groups in total. The van der Waals surface area contributed by atoms with Gasteiger partial charge < -0.3 is 5.32 Å². The van der Waals surface area contributed by atoms with Crippen molar-refractivity contribution in [2.45, 2.75) is 39.4 Å². The molecule has 5 nitrogen and oxygen atoms in total. The van der Waals surface area contributed by atoms with E-state index in [9.17, 15) is 9.59 Å². The smallest absolute Gasteiger partial charge is 0.242 e. The highest BCUT2D eigenvalue weighted by Crippen LogP contribution is 2.33. The minimum atomic E-state index is -0.459. The number of aliphatic imine (C=N–C) groups is 1. The van der Waals surface area contributed by atoms with Gasteiger partial charge in [-0.15, -0.1) is 0 Å². The zero-order chi connectivity index (χ0) is 20.4. The zero-order valence-electron chi connectivity index (χ0n) is 16.9. The summed E-state index contributed by atoms with van der Waals surface area (Å²) in [7, 11) is 1.71. The van der Waals surface area contributed by atoms with Crippen LogP contribution in [0.5, 0.6) is 0 Å². The Morgan fingerprint density at radius 1 is 1.11 bits per heavy atom. The molecule has 1 fully saturated rings. The highest BCUT2D eigenvalue weighted by molar-refractivity contribution is 8.15. The van der Waals surface area contributed by atoms with E-state index in [0.717, 1.165) is 28.1 Å². The van der Waals surface area contributed by atoms with Crippen molar-refractivity contribution in [3.63, 3.8) is 0 Å². The van der Waals surface area contributed by atoms with E-state index in [-0.39, 0.29) is 18.2 Å². The highest BCUT2D eigenvalue weighted by Gasteiger charge is 2.37. The Morgan fingerprint density at radius 2 is 1.75 bits per heavy atom. The average molecular weight is 396 g/mol. The number of carbonyl (C=O) groups is 2. The Balaban J connectivity index is 1.75. The predicted octanol–water partition coefficient (Wildman–Crippen LogP) is 4.51. The molecule has 1 saturated heterocycles. The summed E-state index contributed by atoms with van der Waals surface area (Å²) in [4.78, 5) is 31.4. The molecule has 0 unspecified atom stereocenters. The Labute approximate surface area is 170 Å². The van der Waals surface area contributed by atoms with Crippen molar-refractivity contribution in [1.29, 1.82) is 0 Å². The lowest BCUT2D eigenvalue weighted by atomic mass is 10.1. The number of amides is 2. The van der Waals surface area contributed by atoms with E-state index < -0.39 is 5.25 Å². The molecule has 0 aromatic heterocycles. The molecule has 0 aliphatic carbocycles. The van der Waals surface area contributed by atoms with Gasteiger partial charge in [-0.05, 0) is 50.5 Å². The van der Waals surface area contributed by atoms with E-state index in [4.69, 9.17) is 4.99 Å². The van der Waals surface area contributed by atoms with Crippen molar-refractivity contribution in [2.24, 2.45) is 4.99 Å². The number of anilines is 1. The summed E-state index contributed by atoms with van der Waals surface area (Å²) in [6.45, 7) is 8.04. The largest absolute Gasteiger partial charge is 0.326 e. The minimum Gasteiger partial charge on any atom is -0.326 e. The van der Waals surface area contributed by atoms with E-state index >= 15 is 0 Å². The fourth-order valence-electron chi connectivity index (χ4n) is 3.32. The van der Waals surface area contributed by atoms with E-state index in [0.29, 0.717) is 5.17 Å². The molecular weight excluding hydrogens is 370 g/mol. The van der Waals surface area contributed by atoms with Gasteiger partial charge in [0.25, 0.3) is 0 Å². The Hall–Kier alpha value is -2.60. The molecule has 1 aliphatic rings. The SMILES string of the molecule is Cc1cc(C)c(N=C2S[C@@H](CC(=O)Nc3ccccc3C)C(=O)N2C)c(C)c1. The maximum atomic E-state index is 12.6. The molecule has 28 heavy (non-hydrogen) atoms. The van der Waals surface area contributed by atoms with Gasteiger partial charge in [-0.1, -0.05) is 47.7 Å². The zero-order valence-corrected chi connectivity index (χ0v) is 17.7. The van der Waals surface area contributed by atoms with Crippen LogP contribution < -0.4 is 5.32 Å². The quantitative estimate of drug-likeness (QED) is 0.828. The van der Waals surface area contributed by atoms with Crippen LogP contribution in [0.15, 0.2) is 41.4 Å². The second-order valence-electron chi connectivity index (χ2n) is 7.21. The fourth-order valence-corrected chi connectivity index (χ4v) is 4.46. The van der Waals surface area contributed by atoms with Crippen molar-refractivity contribution >= 4 is 40.1 Å². The molecule has 1 atom stereocenters. The summed E-state index contributed by atoms with van der Waals surface area (Å²) < 4.78 is 0. The second-order valence-corrected chi connectivity index (χ2v) is 8.38. The van der Waals surface area contributed by atoms with Gasteiger partial charge in [-0.3, -0.25) is 14.5 Å². The van der Waals surface area contributed by atoms with Crippen molar-refractivity contribution < 1.29 is 9.59 Å². The lowest BCUT2D eigenvalue weighted by Gasteiger charge is -2.11. The van der Waals surface area contributed by atoms with Crippen LogP contribution in [0.2, 0.25) is 0 Å². The standard InChI is InChI=1S/C22H25N3O2S/c1-13-10-15(3)20(16(4)11-13)24-22-25(5)21(27)18(28-22)12-19(26)23-17-9-7-6-8-14(17)2/h6-11,18H,12H2,1-5H3,(H,23,26)/t18-/m0/s1. The number of hydrogen-bond acceptors (Lipinski definition) is 4. The average Bonchev–Trinajstić information content (AvgIpc) is 2.88. The van der Waals surface area contributed by atoms with Crippen LogP contribution >= 0.6 is 11.8 Å².